The van der Waals surface area contributed by atoms with E-state index in [1.807, 2.05) is 12.1 Å². The van der Waals surface area contributed by atoms with E-state index < -0.39 is 10.0 Å². The molecule has 1 saturated heterocycles. The Kier molecular flexibility index (Phi) is 6.25. The zero-order chi connectivity index (χ0) is 19.3. The van der Waals surface area contributed by atoms with E-state index in [-0.39, 0.29) is 12.5 Å². The van der Waals surface area contributed by atoms with Crippen molar-refractivity contribution in [1.82, 2.24) is 15.2 Å². The Hall–Kier alpha value is -2.23. The number of amides is 1. The van der Waals surface area contributed by atoms with Gasteiger partial charge in [-0.2, -0.15) is 0 Å². The highest BCUT2D eigenvalue weighted by molar-refractivity contribution is 7.92. The zero-order valence-electron chi connectivity index (χ0n) is 15.3. The summed E-state index contributed by atoms with van der Waals surface area (Å²) in [5.41, 5.74) is 0.950. The van der Waals surface area contributed by atoms with Crippen LogP contribution in [0.5, 0.6) is 0 Å². The Morgan fingerprint density at radius 1 is 1.26 bits per heavy atom. The number of carbonyl (C=O) groups excluding carboxylic acids is 1. The van der Waals surface area contributed by atoms with Crippen LogP contribution >= 0.6 is 0 Å². The molecule has 1 amide bonds. The first kappa shape index (κ1) is 19.5. The summed E-state index contributed by atoms with van der Waals surface area (Å²) in [7, 11) is -3.64. The molecule has 0 aliphatic carbocycles. The van der Waals surface area contributed by atoms with Gasteiger partial charge in [0.2, 0.25) is 15.9 Å². The molecule has 1 N–H and O–H groups in total. The smallest absolute Gasteiger partial charge is 0.240 e. The summed E-state index contributed by atoms with van der Waals surface area (Å²) in [5.74, 6) is -0.346. The van der Waals surface area contributed by atoms with Gasteiger partial charge < -0.3 is 10.1 Å². The standard InChI is InChI=1S/C18H24N4O4S/c1-27(24,25)22(16-6-2-4-15-5-3-7-20-18(15)16)14-17(23)19-8-9-21-10-12-26-13-11-21/h2-7H,8-14H2,1H3,(H,19,23). The van der Waals surface area contributed by atoms with Crippen LogP contribution in [0.4, 0.5) is 5.69 Å². The lowest BCUT2D eigenvalue weighted by molar-refractivity contribution is -0.119. The number of morpholine rings is 1. The summed E-state index contributed by atoms with van der Waals surface area (Å²) < 4.78 is 31.1. The fraction of sp³-hybridized carbons (Fsp3) is 0.444. The number of ether oxygens (including phenoxy) is 1. The third-order valence-corrected chi connectivity index (χ3v) is 5.55. The lowest BCUT2D eigenvalue weighted by atomic mass is 10.2. The van der Waals surface area contributed by atoms with Gasteiger partial charge in [-0.25, -0.2) is 8.42 Å². The molecule has 1 fully saturated rings. The topological polar surface area (TPSA) is 91.8 Å². The summed E-state index contributed by atoms with van der Waals surface area (Å²) in [6, 6.07) is 8.92. The van der Waals surface area contributed by atoms with Gasteiger partial charge >= 0.3 is 0 Å². The van der Waals surface area contributed by atoms with E-state index in [4.69, 9.17) is 4.74 Å². The summed E-state index contributed by atoms with van der Waals surface area (Å²) in [4.78, 5) is 18.9. The number of nitrogens with one attached hydrogen (secondary N) is 1. The van der Waals surface area contributed by atoms with Gasteiger partial charge in [-0.1, -0.05) is 18.2 Å². The van der Waals surface area contributed by atoms with E-state index in [9.17, 15) is 13.2 Å². The van der Waals surface area contributed by atoms with Crippen molar-refractivity contribution in [1.29, 1.82) is 0 Å². The van der Waals surface area contributed by atoms with Crippen molar-refractivity contribution >= 4 is 32.5 Å². The number of nitrogens with zero attached hydrogens (tertiary/aromatic N) is 3. The zero-order valence-corrected chi connectivity index (χ0v) is 16.1. The van der Waals surface area contributed by atoms with E-state index >= 15 is 0 Å². The Balaban J connectivity index is 1.69. The van der Waals surface area contributed by atoms with E-state index in [0.717, 1.165) is 29.0 Å². The molecule has 146 valence electrons. The number of para-hydroxylation sites is 1. The van der Waals surface area contributed by atoms with Crippen molar-refractivity contribution in [3.63, 3.8) is 0 Å². The Morgan fingerprint density at radius 3 is 2.74 bits per heavy atom. The second kappa shape index (κ2) is 8.64. The Labute approximate surface area is 159 Å². The fourth-order valence-corrected chi connectivity index (χ4v) is 3.89. The first-order valence-corrected chi connectivity index (χ1v) is 10.7. The molecule has 0 spiro atoms. The van der Waals surface area contributed by atoms with Crippen molar-refractivity contribution in [2.75, 3.05) is 56.5 Å². The van der Waals surface area contributed by atoms with Gasteiger partial charge in [0.25, 0.3) is 0 Å². The summed E-state index contributed by atoms with van der Waals surface area (Å²) >= 11 is 0. The highest BCUT2D eigenvalue weighted by Gasteiger charge is 2.23. The average molecular weight is 392 g/mol. The predicted molar refractivity (Wildman–Crippen MR) is 104 cm³/mol. The highest BCUT2D eigenvalue weighted by atomic mass is 32.2. The van der Waals surface area contributed by atoms with Crippen molar-refractivity contribution in [2.45, 2.75) is 0 Å². The van der Waals surface area contributed by atoms with Crippen LogP contribution in [0.25, 0.3) is 10.9 Å². The minimum Gasteiger partial charge on any atom is -0.379 e. The number of sulfonamides is 1. The van der Waals surface area contributed by atoms with Gasteiger partial charge in [0.1, 0.15) is 6.54 Å². The normalized spacial score (nSPS) is 15.6. The van der Waals surface area contributed by atoms with Crippen LogP contribution in [-0.4, -0.2) is 76.4 Å². The maximum absolute atomic E-state index is 12.4. The van der Waals surface area contributed by atoms with Crippen LogP contribution in [0.1, 0.15) is 0 Å². The van der Waals surface area contributed by atoms with Gasteiger partial charge in [0.05, 0.1) is 30.7 Å². The van der Waals surface area contributed by atoms with Crippen LogP contribution in [0.2, 0.25) is 0 Å². The van der Waals surface area contributed by atoms with Crippen molar-refractivity contribution in [3.8, 4) is 0 Å². The molecule has 0 atom stereocenters. The number of hydrogen-bond donors (Lipinski definition) is 1. The molecule has 3 rings (SSSR count). The molecule has 2 heterocycles. The van der Waals surface area contributed by atoms with Crippen LogP contribution in [-0.2, 0) is 19.6 Å². The Morgan fingerprint density at radius 2 is 2.00 bits per heavy atom. The van der Waals surface area contributed by atoms with E-state index in [1.165, 1.54) is 0 Å². The molecule has 0 saturated carbocycles. The maximum Gasteiger partial charge on any atom is 0.240 e. The summed E-state index contributed by atoms with van der Waals surface area (Å²) in [6.07, 6.45) is 2.70. The molecule has 27 heavy (non-hydrogen) atoms. The van der Waals surface area contributed by atoms with Gasteiger partial charge in [0.15, 0.2) is 0 Å². The van der Waals surface area contributed by atoms with Gasteiger partial charge in [-0.15, -0.1) is 0 Å². The molecule has 0 bridgehead atoms. The monoisotopic (exact) mass is 392 g/mol. The molecule has 2 aromatic rings. The summed E-state index contributed by atoms with van der Waals surface area (Å²) in [5, 5.41) is 3.62. The van der Waals surface area contributed by atoms with Crippen molar-refractivity contribution < 1.29 is 17.9 Å². The molecule has 1 aliphatic heterocycles. The third-order valence-electron chi connectivity index (χ3n) is 4.42. The maximum atomic E-state index is 12.4. The molecule has 1 aromatic carbocycles. The van der Waals surface area contributed by atoms with Crippen LogP contribution in [0, 0.1) is 0 Å². The lowest BCUT2D eigenvalue weighted by Gasteiger charge is -2.27. The molecule has 9 heteroatoms. The number of pyridine rings is 1. The number of benzene rings is 1. The van der Waals surface area contributed by atoms with Crippen LogP contribution < -0.4 is 9.62 Å². The summed E-state index contributed by atoms with van der Waals surface area (Å²) in [6.45, 7) is 3.97. The number of rotatable bonds is 7. The van der Waals surface area contributed by atoms with Gasteiger partial charge in [-0.05, 0) is 12.1 Å². The van der Waals surface area contributed by atoms with E-state index in [1.54, 1.807) is 24.4 Å². The number of hydrogen-bond acceptors (Lipinski definition) is 6. The molecular weight excluding hydrogens is 368 g/mol. The van der Waals surface area contributed by atoms with Gasteiger partial charge in [0, 0.05) is 37.8 Å². The second-order valence-electron chi connectivity index (χ2n) is 6.43. The molecule has 0 radical (unpaired) electrons. The molecule has 0 unspecified atom stereocenters. The highest BCUT2D eigenvalue weighted by Crippen LogP contribution is 2.26. The van der Waals surface area contributed by atoms with Crippen LogP contribution in [0.15, 0.2) is 36.5 Å². The molecule has 8 nitrogen and oxygen atoms in total. The number of aromatic nitrogens is 1. The number of carbonyl (C=O) groups is 1. The molecular formula is C18H24N4O4S. The van der Waals surface area contributed by atoms with Crippen molar-refractivity contribution in [3.05, 3.63) is 36.5 Å². The minimum absolute atomic E-state index is 0.280. The van der Waals surface area contributed by atoms with Crippen LogP contribution in [0.3, 0.4) is 0 Å². The fourth-order valence-electron chi connectivity index (χ4n) is 3.03. The third kappa shape index (κ3) is 5.15. The number of anilines is 1. The minimum atomic E-state index is -3.64. The largest absolute Gasteiger partial charge is 0.379 e. The Bertz CT molecular complexity index is 892. The first-order valence-electron chi connectivity index (χ1n) is 8.83. The van der Waals surface area contributed by atoms with E-state index in [0.29, 0.717) is 37.5 Å². The molecule has 1 aromatic heterocycles. The quantitative estimate of drug-likeness (QED) is 0.736. The number of fused-ring (bicyclic) bond motifs is 1. The second-order valence-corrected chi connectivity index (χ2v) is 8.33. The van der Waals surface area contributed by atoms with Gasteiger partial charge in [-0.3, -0.25) is 19.0 Å². The van der Waals surface area contributed by atoms with E-state index in [2.05, 4.69) is 15.2 Å². The molecule has 1 aliphatic rings. The average Bonchev–Trinajstić information content (AvgIpc) is 2.66. The SMILES string of the molecule is CS(=O)(=O)N(CC(=O)NCCN1CCOCC1)c1cccc2cccnc12. The predicted octanol–water partition coefficient (Wildman–Crippen LogP) is 0.449. The lowest BCUT2D eigenvalue weighted by Crippen LogP contribution is -2.44. The first-order chi connectivity index (χ1) is 12.9. The van der Waals surface area contributed by atoms with Crippen molar-refractivity contribution in [2.24, 2.45) is 0 Å².